The number of aromatic nitrogens is 2. The number of nitriles is 1. The zero-order valence-electron chi connectivity index (χ0n) is 9.98. The van der Waals surface area contributed by atoms with E-state index < -0.39 is 11.9 Å². The van der Waals surface area contributed by atoms with Gasteiger partial charge in [0.05, 0.1) is 0 Å². The van der Waals surface area contributed by atoms with Gasteiger partial charge in [-0.3, -0.25) is 4.68 Å². The molecular weight excluding hydrogens is 279 g/mol. The van der Waals surface area contributed by atoms with E-state index in [1.807, 2.05) is 0 Å². The van der Waals surface area contributed by atoms with Crippen LogP contribution in [0.1, 0.15) is 18.5 Å². The van der Waals surface area contributed by atoms with E-state index in [4.69, 9.17) is 10.00 Å². The van der Waals surface area contributed by atoms with Gasteiger partial charge in [-0.15, -0.1) is 0 Å². The summed E-state index contributed by atoms with van der Waals surface area (Å²) < 4.78 is 44.8. The summed E-state index contributed by atoms with van der Waals surface area (Å²) >= 11 is 0.637. The summed E-state index contributed by atoms with van der Waals surface area (Å²) in [5.41, 5.74) is -0.795. The van der Waals surface area contributed by atoms with E-state index in [1.165, 1.54) is 0 Å². The van der Waals surface area contributed by atoms with Crippen molar-refractivity contribution < 1.29 is 17.9 Å². The number of halogens is 3. The molecule has 1 aromatic rings. The van der Waals surface area contributed by atoms with E-state index in [2.05, 4.69) is 5.10 Å². The Hall–Kier alpha value is -1.20. The van der Waals surface area contributed by atoms with E-state index in [-0.39, 0.29) is 17.5 Å². The maximum atomic E-state index is 12.9. The van der Waals surface area contributed by atoms with E-state index >= 15 is 0 Å². The Morgan fingerprint density at radius 1 is 1.47 bits per heavy atom. The average molecular weight is 291 g/mol. The molecular formula is C11H12F3N3OS. The zero-order valence-corrected chi connectivity index (χ0v) is 10.8. The summed E-state index contributed by atoms with van der Waals surface area (Å²) in [6.07, 6.45) is -2.98. The first-order valence-corrected chi connectivity index (χ1v) is 6.61. The SMILES string of the molecule is N#CSc1cc(C(F)(F)F)n(CC2CCOCC2)n1. The number of hydrogen-bond donors (Lipinski definition) is 0. The smallest absolute Gasteiger partial charge is 0.381 e. The first kappa shape index (κ1) is 14.2. The van der Waals surface area contributed by atoms with Crippen molar-refractivity contribution in [2.45, 2.75) is 30.6 Å². The number of thioether (sulfide) groups is 1. The van der Waals surface area contributed by atoms with Gasteiger partial charge in [0, 0.05) is 37.6 Å². The summed E-state index contributed by atoms with van der Waals surface area (Å²) in [6.45, 7) is 1.37. The Morgan fingerprint density at radius 3 is 2.74 bits per heavy atom. The van der Waals surface area contributed by atoms with Crippen molar-refractivity contribution in [1.82, 2.24) is 9.78 Å². The van der Waals surface area contributed by atoms with Crippen LogP contribution in [0.4, 0.5) is 13.2 Å². The lowest BCUT2D eigenvalue weighted by Crippen LogP contribution is -2.24. The average Bonchev–Trinajstić information content (AvgIpc) is 2.74. The molecule has 19 heavy (non-hydrogen) atoms. The molecule has 1 aromatic heterocycles. The molecule has 1 fully saturated rings. The van der Waals surface area contributed by atoms with Gasteiger partial charge in [0.2, 0.25) is 0 Å². The number of ether oxygens (including phenoxy) is 1. The predicted octanol–water partition coefficient (Wildman–Crippen LogP) is 2.90. The van der Waals surface area contributed by atoms with E-state index in [0.717, 1.165) is 23.6 Å². The molecule has 1 saturated heterocycles. The number of thiocyanates is 1. The van der Waals surface area contributed by atoms with Crippen molar-refractivity contribution in [2.24, 2.45) is 5.92 Å². The molecule has 0 aliphatic carbocycles. The highest BCUT2D eigenvalue weighted by molar-refractivity contribution is 8.03. The monoisotopic (exact) mass is 291 g/mol. The lowest BCUT2D eigenvalue weighted by Gasteiger charge is -2.22. The Balaban J connectivity index is 2.19. The van der Waals surface area contributed by atoms with Gasteiger partial charge < -0.3 is 4.74 Å². The second-order valence-corrected chi connectivity index (χ2v) is 5.10. The van der Waals surface area contributed by atoms with Crippen molar-refractivity contribution >= 4 is 11.8 Å². The summed E-state index contributed by atoms with van der Waals surface area (Å²) in [6, 6.07) is 0.924. The molecule has 0 bridgehead atoms. The van der Waals surface area contributed by atoms with Gasteiger partial charge in [-0.1, -0.05) is 0 Å². The fourth-order valence-corrected chi connectivity index (χ4v) is 2.43. The molecule has 1 aliphatic rings. The lowest BCUT2D eigenvalue weighted by atomic mass is 10.0. The molecule has 0 spiro atoms. The zero-order chi connectivity index (χ0) is 13.9. The minimum Gasteiger partial charge on any atom is -0.381 e. The third-order valence-electron chi connectivity index (χ3n) is 2.97. The van der Waals surface area contributed by atoms with Crippen molar-refractivity contribution in [1.29, 1.82) is 5.26 Å². The third kappa shape index (κ3) is 3.64. The van der Waals surface area contributed by atoms with Crippen LogP contribution in [0.15, 0.2) is 11.1 Å². The minimum absolute atomic E-state index is 0.0851. The van der Waals surface area contributed by atoms with Gasteiger partial charge in [0.1, 0.15) is 16.1 Å². The molecule has 0 N–H and O–H groups in total. The second kappa shape index (κ2) is 5.84. The maximum absolute atomic E-state index is 12.9. The maximum Gasteiger partial charge on any atom is 0.433 e. The van der Waals surface area contributed by atoms with E-state index in [0.29, 0.717) is 25.0 Å². The van der Waals surface area contributed by atoms with Gasteiger partial charge in [0.25, 0.3) is 0 Å². The van der Waals surface area contributed by atoms with Crippen LogP contribution in [-0.4, -0.2) is 23.0 Å². The molecule has 8 heteroatoms. The fraction of sp³-hybridized carbons (Fsp3) is 0.636. The van der Waals surface area contributed by atoms with Crippen LogP contribution in [0.2, 0.25) is 0 Å². The molecule has 4 nitrogen and oxygen atoms in total. The second-order valence-electron chi connectivity index (χ2n) is 4.30. The van der Waals surface area contributed by atoms with Crippen molar-refractivity contribution in [3.8, 4) is 5.40 Å². The summed E-state index contributed by atoms with van der Waals surface area (Å²) in [7, 11) is 0. The van der Waals surface area contributed by atoms with E-state index in [9.17, 15) is 13.2 Å². The Labute approximate surface area is 112 Å². The first-order valence-electron chi connectivity index (χ1n) is 5.79. The summed E-state index contributed by atoms with van der Waals surface area (Å²) in [5, 5.41) is 14.2. The predicted molar refractivity (Wildman–Crippen MR) is 62.2 cm³/mol. The van der Waals surface area contributed by atoms with Crippen LogP contribution in [0, 0.1) is 16.6 Å². The van der Waals surface area contributed by atoms with Crippen LogP contribution in [0.3, 0.4) is 0 Å². The Kier molecular flexibility index (Phi) is 4.37. The van der Waals surface area contributed by atoms with Gasteiger partial charge in [-0.2, -0.15) is 23.5 Å². The van der Waals surface area contributed by atoms with Gasteiger partial charge in [-0.05, 0) is 18.8 Å². The highest BCUT2D eigenvalue weighted by Gasteiger charge is 2.36. The number of hydrogen-bond acceptors (Lipinski definition) is 4. The van der Waals surface area contributed by atoms with Crippen LogP contribution < -0.4 is 0 Å². The molecule has 0 radical (unpaired) electrons. The quantitative estimate of drug-likeness (QED) is 0.634. The molecule has 0 saturated carbocycles. The number of rotatable bonds is 3. The fourth-order valence-electron chi connectivity index (χ4n) is 2.03. The van der Waals surface area contributed by atoms with Crippen molar-refractivity contribution in [3.05, 3.63) is 11.8 Å². The number of alkyl halides is 3. The molecule has 0 atom stereocenters. The highest BCUT2D eigenvalue weighted by atomic mass is 32.2. The van der Waals surface area contributed by atoms with E-state index in [1.54, 1.807) is 5.40 Å². The molecule has 2 heterocycles. The summed E-state index contributed by atoms with van der Waals surface area (Å²) in [5.74, 6) is 0.134. The largest absolute Gasteiger partial charge is 0.433 e. The summed E-state index contributed by atoms with van der Waals surface area (Å²) in [4.78, 5) is 0. The topological polar surface area (TPSA) is 50.8 Å². The molecule has 1 aliphatic heterocycles. The van der Waals surface area contributed by atoms with Gasteiger partial charge in [0.15, 0.2) is 0 Å². The highest BCUT2D eigenvalue weighted by Crippen LogP contribution is 2.33. The third-order valence-corrected chi connectivity index (χ3v) is 3.47. The molecule has 0 unspecified atom stereocenters. The van der Waals surface area contributed by atoms with Crippen molar-refractivity contribution in [2.75, 3.05) is 13.2 Å². The van der Waals surface area contributed by atoms with Crippen molar-refractivity contribution in [3.63, 3.8) is 0 Å². The molecule has 0 amide bonds. The van der Waals surface area contributed by atoms with Crippen LogP contribution >= 0.6 is 11.8 Å². The standard InChI is InChI=1S/C11H12F3N3OS/c12-11(13,14)9-5-10(19-7-15)16-17(9)6-8-1-3-18-4-2-8/h5,8H,1-4,6H2. The first-order chi connectivity index (χ1) is 9.00. The molecule has 2 rings (SSSR count). The Morgan fingerprint density at radius 2 is 2.16 bits per heavy atom. The Bertz CT molecular complexity index is 475. The molecule has 104 valence electrons. The van der Waals surface area contributed by atoms with Gasteiger partial charge in [-0.25, -0.2) is 0 Å². The normalized spacial score (nSPS) is 17.4. The van der Waals surface area contributed by atoms with Crippen LogP contribution in [-0.2, 0) is 17.5 Å². The number of nitrogens with zero attached hydrogens (tertiary/aromatic N) is 3. The van der Waals surface area contributed by atoms with Gasteiger partial charge >= 0.3 is 6.18 Å². The molecule has 0 aromatic carbocycles. The lowest BCUT2D eigenvalue weighted by molar-refractivity contribution is -0.144. The van der Waals surface area contributed by atoms with Crippen LogP contribution in [0.25, 0.3) is 0 Å². The van der Waals surface area contributed by atoms with Crippen LogP contribution in [0.5, 0.6) is 0 Å². The minimum atomic E-state index is -4.45.